The van der Waals surface area contributed by atoms with Crippen LogP contribution in [-0.4, -0.2) is 50.5 Å². The normalized spacial score (nSPS) is 23.6. The van der Waals surface area contributed by atoms with Gasteiger partial charge < -0.3 is 14.4 Å². The maximum Gasteiger partial charge on any atom is 0.0710 e. The van der Waals surface area contributed by atoms with Crippen LogP contribution >= 0.6 is 0 Å². The standard InChI is InChI=1S/C11H23NO2/c1-10(2)14-8-4-6-12-7-5-11(9-12)13-3/h10-11H,4-9H2,1-3H3. The molecule has 0 N–H and O–H groups in total. The van der Waals surface area contributed by atoms with Gasteiger partial charge in [-0.05, 0) is 26.7 Å². The summed E-state index contributed by atoms with van der Waals surface area (Å²) in [6, 6.07) is 0. The molecule has 84 valence electrons. The van der Waals surface area contributed by atoms with Crippen LogP contribution in [-0.2, 0) is 9.47 Å². The summed E-state index contributed by atoms with van der Waals surface area (Å²) in [5, 5.41) is 0. The smallest absolute Gasteiger partial charge is 0.0710 e. The van der Waals surface area contributed by atoms with E-state index in [1.54, 1.807) is 7.11 Å². The molecule has 1 saturated heterocycles. The summed E-state index contributed by atoms with van der Waals surface area (Å²) >= 11 is 0. The number of methoxy groups -OCH3 is 1. The van der Waals surface area contributed by atoms with Crippen molar-refractivity contribution < 1.29 is 9.47 Å². The maximum absolute atomic E-state index is 5.50. The highest BCUT2D eigenvalue weighted by Crippen LogP contribution is 2.11. The molecule has 0 amide bonds. The monoisotopic (exact) mass is 201 g/mol. The van der Waals surface area contributed by atoms with Crippen molar-refractivity contribution in [2.45, 2.75) is 38.9 Å². The molecule has 0 spiro atoms. The molecule has 3 heteroatoms. The summed E-state index contributed by atoms with van der Waals surface area (Å²) in [5.74, 6) is 0. The van der Waals surface area contributed by atoms with Crippen LogP contribution in [0.3, 0.4) is 0 Å². The molecule has 0 saturated carbocycles. The number of rotatable bonds is 6. The number of hydrogen-bond donors (Lipinski definition) is 0. The molecule has 1 heterocycles. The Balaban J connectivity index is 1.97. The first-order chi connectivity index (χ1) is 6.72. The van der Waals surface area contributed by atoms with E-state index >= 15 is 0 Å². The minimum absolute atomic E-state index is 0.361. The Hall–Kier alpha value is -0.120. The molecule has 1 fully saturated rings. The van der Waals surface area contributed by atoms with Gasteiger partial charge in [-0.25, -0.2) is 0 Å². The molecule has 1 atom stereocenters. The lowest BCUT2D eigenvalue weighted by atomic mass is 10.3. The second-order valence-corrected chi connectivity index (χ2v) is 4.22. The Morgan fingerprint density at radius 3 is 2.79 bits per heavy atom. The molecule has 14 heavy (non-hydrogen) atoms. The summed E-state index contributed by atoms with van der Waals surface area (Å²) in [4.78, 5) is 2.46. The van der Waals surface area contributed by atoms with E-state index in [-0.39, 0.29) is 0 Å². The highest BCUT2D eigenvalue weighted by Gasteiger charge is 2.20. The molecule has 0 radical (unpaired) electrons. The van der Waals surface area contributed by atoms with Gasteiger partial charge in [0, 0.05) is 33.4 Å². The molecule has 1 aliphatic rings. The van der Waals surface area contributed by atoms with Crippen LogP contribution in [0.25, 0.3) is 0 Å². The van der Waals surface area contributed by atoms with Crippen molar-refractivity contribution in [3.05, 3.63) is 0 Å². The van der Waals surface area contributed by atoms with Crippen molar-refractivity contribution in [3.63, 3.8) is 0 Å². The van der Waals surface area contributed by atoms with E-state index in [4.69, 9.17) is 9.47 Å². The Morgan fingerprint density at radius 1 is 1.43 bits per heavy atom. The van der Waals surface area contributed by atoms with E-state index in [0.717, 1.165) is 26.1 Å². The average Bonchev–Trinajstić information content (AvgIpc) is 2.60. The van der Waals surface area contributed by atoms with Crippen molar-refractivity contribution in [2.75, 3.05) is 33.4 Å². The summed E-state index contributed by atoms with van der Waals surface area (Å²) in [7, 11) is 1.80. The van der Waals surface area contributed by atoms with Crippen LogP contribution in [0.15, 0.2) is 0 Å². The molecule has 1 rings (SSSR count). The molecule has 1 aliphatic heterocycles. The van der Waals surface area contributed by atoms with E-state index in [9.17, 15) is 0 Å². The van der Waals surface area contributed by atoms with E-state index in [1.807, 2.05) is 0 Å². The van der Waals surface area contributed by atoms with Gasteiger partial charge in [-0.1, -0.05) is 0 Å². The zero-order chi connectivity index (χ0) is 10.4. The Morgan fingerprint density at radius 2 is 2.21 bits per heavy atom. The van der Waals surface area contributed by atoms with Gasteiger partial charge in [-0.2, -0.15) is 0 Å². The fourth-order valence-electron chi connectivity index (χ4n) is 1.80. The van der Waals surface area contributed by atoms with Crippen LogP contribution in [0.1, 0.15) is 26.7 Å². The quantitative estimate of drug-likeness (QED) is 0.608. The van der Waals surface area contributed by atoms with Crippen molar-refractivity contribution in [1.82, 2.24) is 4.90 Å². The van der Waals surface area contributed by atoms with Gasteiger partial charge in [0.2, 0.25) is 0 Å². The summed E-state index contributed by atoms with van der Waals surface area (Å²) in [6.07, 6.45) is 3.14. The van der Waals surface area contributed by atoms with Crippen LogP contribution < -0.4 is 0 Å². The van der Waals surface area contributed by atoms with Gasteiger partial charge in [0.25, 0.3) is 0 Å². The van der Waals surface area contributed by atoms with E-state index in [1.165, 1.54) is 13.0 Å². The largest absolute Gasteiger partial charge is 0.380 e. The Labute approximate surface area is 87.4 Å². The fraction of sp³-hybridized carbons (Fsp3) is 1.00. The van der Waals surface area contributed by atoms with Crippen molar-refractivity contribution in [1.29, 1.82) is 0 Å². The van der Waals surface area contributed by atoms with Gasteiger partial charge in [0.05, 0.1) is 12.2 Å². The number of hydrogen-bond acceptors (Lipinski definition) is 3. The molecule has 0 aromatic rings. The van der Waals surface area contributed by atoms with E-state index < -0.39 is 0 Å². The summed E-state index contributed by atoms with van der Waals surface area (Å²) in [5.41, 5.74) is 0. The molecular weight excluding hydrogens is 178 g/mol. The lowest BCUT2D eigenvalue weighted by Gasteiger charge is -2.15. The first-order valence-corrected chi connectivity index (χ1v) is 5.59. The van der Waals surface area contributed by atoms with Gasteiger partial charge in [-0.15, -0.1) is 0 Å². The summed E-state index contributed by atoms with van der Waals surface area (Å²) < 4.78 is 10.8. The second kappa shape index (κ2) is 6.38. The maximum atomic E-state index is 5.50. The van der Waals surface area contributed by atoms with Crippen molar-refractivity contribution in [3.8, 4) is 0 Å². The molecule has 1 unspecified atom stereocenters. The predicted octanol–water partition coefficient (Wildman–Crippen LogP) is 1.52. The third-order valence-corrected chi connectivity index (χ3v) is 2.63. The zero-order valence-electron chi connectivity index (χ0n) is 9.66. The van der Waals surface area contributed by atoms with Crippen molar-refractivity contribution in [2.24, 2.45) is 0 Å². The predicted molar refractivity (Wildman–Crippen MR) is 57.6 cm³/mol. The second-order valence-electron chi connectivity index (χ2n) is 4.22. The molecule has 0 aromatic carbocycles. The molecule has 3 nitrogen and oxygen atoms in total. The van der Waals surface area contributed by atoms with E-state index in [2.05, 4.69) is 18.7 Å². The van der Waals surface area contributed by atoms with Crippen LogP contribution in [0.2, 0.25) is 0 Å². The van der Waals surface area contributed by atoms with Gasteiger partial charge >= 0.3 is 0 Å². The topological polar surface area (TPSA) is 21.7 Å². The molecule has 0 aliphatic carbocycles. The van der Waals surface area contributed by atoms with E-state index in [0.29, 0.717) is 12.2 Å². The number of ether oxygens (including phenoxy) is 2. The average molecular weight is 201 g/mol. The third kappa shape index (κ3) is 4.40. The first-order valence-electron chi connectivity index (χ1n) is 5.59. The first kappa shape index (κ1) is 12.0. The number of likely N-dealkylation sites (tertiary alicyclic amines) is 1. The number of nitrogens with zero attached hydrogens (tertiary/aromatic N) is 1. The highest BCUT2D eigenvalue weighted by atomic mass is 16.5. The molecule has 0 aromatic heterocycles. The minimum atomic E-state index is 0.361. The Kier molecular flexibility index (Phi) is 5.45. The van der Waals surface area contributed by atoms with Gasteiger partial charge in [-0.3, -0.25) is 0 Å². The van der Waals surface area contributed by atoms with Crippen LogP contribution in [0.5, 0.6) is 0 Å². The third-order valence-electron chi connectivity index (χ3n) is 2.63. The van der Waals surface area contributed by atoms with Crippen molar-refractivity contribution >= 4 is 0 Å². The molecular formula is C11H23NO2. The van der Waals surface area contributed by atoms with Gasteiger partial charge in [0.15, 0.2) is 0 Å². The fourth-order valence-corrected chi connectivity index (χ4v) is 1.80. The highest BCUT2D eigenvalue weighted by molar-refractivity contribution is 4.75. The SMILES string of the molecule is COC1CCN(CCCOC(C)C)C1. The zero-order valence-corrected chi connectivity index (χ0v) is 9.66. The summed E-state index contributed by atoms with van der Waals surface area (Å²) in [6.45, 7) is 8.46. The van der Waals surface area contributed by atoms with Crippen LogP contribution in [0.4, 0.5) is 0 Å². The molecule has 0 bridgehead atoms. The lowest BCUT2D eigenvalue weighted by Crippen LogP contribution is -2.25. The minimum Gasteiger partial charge on any atom is -0.380 e. The lowest BCUT2D eigenvalue weighted by molar-refractivity contribution is 0.0692. The van der Waals surface area contributed by atoms with Gasteiger partial charge in [0.1, 0.15) is 0 Å². The van der Waals surface area contributed by atoms with Crippen LogP contribution in [0, 0.1) is 0 Å². The Bertz CT molecular complexity index is 150.